The van der Waals surface area contributed by atoms with Gasteiger partial charge in [-0.3, -0.25) is 4.90 Å². The average molecular weight is 267 g/mol. The summed E-state index contributed by atoms with van der Waals surface area (Å²) in [6.07, 6.45) is 3.98. The lowest BCUT2D eigenvalue weighted by atomic mass is 10.1. The number of hydrogen-bond acceptors (Lipinski definition) is 2. The van der Waals surface area contributed by atoms with Crippen LogP contribution in [0.3, 0.4) is 0 Å². The van der Waals surface area contributed by atoms with Gasteiger partial charge in [0.05, 0.1) is 0 Å². The van der Waals surface area contributed by atoms with Gasteiger partial charge in [-0.05, 0) is 50.5 Å². The molecular weight excluding hydrogens is 244 g/mol. The predicted molar refractivity (Wildman–Crippen MR) is 79.4 cm³/mol. The lowest BCUT2D eigenvalue weighted by Gasteiger charge is -2.27. The van der Waals surface area contributed by atoms with Crippen LogP contribution in [0.5, 0.6) is 0 Å². The van der Waals surface area contributed by atoms with Gasteiger partial charge < -0.3 is 5.32 Å². The zero-order valence-electron chi connectivity index (χ0n) is 11.3. The zero-order chi connectivity index (χ0) is 13.0. The summed E-state index contributed by atoms with van der Waals surface area (Å²) in [5.41, 5.74) is 1.15. The van der Waals surface area contributed by atoms with Crippen LogP contribution in [0.15, 0.2) is 24.3 Å². The maximum Gasteiger partial charge on any atom is 0.0407 e. The second-order valence-electron chi connectivity index (χ2n) is 5.16. The standard InChI is InChI=1S/C15H23ClN2/c1-3-15-9-4-12(2)18(15)11-10-17-14-7-5-13(16)6-8-14/h5-8,12,15,17H,3-4,9-11H2,1-2H3. The molecule has 100 valence electrons. The zero-order valence-corrected chi connectivity index (χ0v) is 12.1. The first-order valence-corrected chi connectivity index (χ1v) is 7.33. The summed E-state index contributed by atoms with van der Waals surface area (Å²) in [5.74, 6) is 0. The van der Waals surface area contributed by atoms with E-state index in [1.807, 2.05) is 24.3 Å². The lowest BCUT2D eigenvalue weighted by Crippen LogP contribution is -2.37. The summed E-state index contributed by atoms with van der Waals surface area (Å²) in [5, 5.41) is 4.26. The fourth-order valence-electron chi connectivity index (χ4n) is 2.86. The molecule has 1 aliphatic heterocycles. The van der Waals surface area contributed by atoms with Crippen molar-refractivity contribution in [3.05, 3.63) is 29.3 Å². The first-order valence-electron chi connectivity index (χ1n) is 6.96. The highest BCUT2D eigenvalue weighted by Gasteiger charge is 2.28. The van der Waals surface area contributed by atoms with Crippen molar-refractivity contribution in [1.82, 2.24) is 4.90 Å². The number of rotatable bonds is 5. The molecule has 0 radical (unpaired) electrons. The van der Waals surface area contributed by atoms with Crippen LogP contribution < -0.4 is 5.32 Å². The third kappa shape index (κ3) is 3.39. The molecule has 0 saturated carbocycles. The number of likely N-dealkylation sites (tertiary alicyclic amines) is 1. The molecule has 1 heterocycles. The van der Waals surface area contributed by atoms with Gasteiger partial charge in [-0.25, -0.2) is 0 Å². The number of benzene rings is 1. The Bertz CT molecular complexity index is 363. The minimum absolute atomic E-state index is 0.738. The van der Waals surface area contributed by atoms with Crippen LogP contribution in [0.4, 0.5) is 5.69 Å². The molecule has 0 spiro atoms. The summed E-state index contributed by atoms with van der Waals surface area (Å²) in [7, 11) is 0. The molecular formula is C15H23ClN2. The molecule has 1 fully saturated rings. The van der Waals surface area contributed by atoms with Crippen LogP contribution in [-0.2, 0) is 0 Å². The van der Waals surface area contributed by atoms with E-state index in [1.54, 1.807) is 0 Å². The highest BCUT2D eigenvalue weighted by molar-refractivity contribution is 6.30. The molecule has 18 heavy (non-hydrogen) atoms. The Morgan fingerprint density at radius 1 is 1.28 bits per heavy atom. The molecule has 1 aliphatic rings. The van der Waals surface area contributed by atoms with E-state index in [-0.39, 0.29) is 0 Å². The number of halogens is 1. The summed E-state index contributed by atoms with van der Waals surface area (Å²) in [6.45, 7) is 6.77. The smallest absolute Gasteiger partial charge is 0.0407 e. The topological polar surface area (TPSA) is 15.3 Å². The van der Waals surface area contributed by atoms with Crippen LogP contribution in [0.25, 0.3) is 0 Å². The number of anilines is 1. The molecule has 2 nitrogen and oxygen atoms in total. The summed E-state index contributed by atoms with van der Waals surface area (Å²) in [4.78, 5) is 2.64. The van der Waals surface area contributed by atoms with Crippen molar-refractivity contribution in [2.24, 2.45) is 0 Å². The third-order valence-corrected chi connectivity index (χ3v) is 4.22. The SMILES string of the molecule is CCC1CCC(C)N1CCNc1ccc(Cl)cc1. The van der Waals surface area contributed by atoms with Gasteiger partial charge in [0, 0.05) is 35.9 Å². The maximum absolute atomic E-state index is 5.87. The Hall–Kier alpha value is -0.730. The van der Waals surface area contributed by atoms with E-state index in [4.69, 9.17) is 11.6 Å². The van der Waals surface area contributed by atoms with Gasteiger partial charge in [0.2, 0.25) is 0 Å². The molecule has 0 aliphatic carbocycles. The Morgan fingerprint density at radius 3 is 2.67 bits per heavy atom. The van der Waals surface area contributed by atoms with E-state index < -0.39 is 0 Å². The summed E-state index contributed by atoms with van der Waals surface area (Å²) < 4.78 is 0. The minimum atomic E-state index is 0.738. The van der Waals surface area contributed by atoms with Gasteiger partial charge in [-0.15, -0.1) is 0 Å². The monoisotopic (exact) mass is 266 g/mol. The van der Waals surface area contributed by atoms with Crippen molar-refractivity contribution in [3.63, 3.8) is 0 Å². The van der Waals surface area contributed by atoms with Crippen molar-refractivity contribution in [1.29, 1.82) is 0 Å². The predicted octanol–water partition coefficient (Wildman–Crippen LogP) is 4.01. The van der Waals surface area contributed by atoms with Gasteiger partial charge in [-0.2, -0.15) is 0 Å². The molecule has 2 atom stereocenters. The molecule has 0 aromatic heterocycles. The van der Waals surface area contributed by atoms with Crippen LogP contribution in [0.1, 0.15) is 33.1 Å². The van der Waals surface area contributed by atoms with Gasteiger partial charge in [-0.1, -0.05) is 18.5 Å². The minimum Gasteiger partial charge on any atom is -0.384 e. The molecule has 1 N–H and O–H groups in total. The van der Waals surface area contributed by atoms with E-state index in [0.29, 0.717) is 0 Å². The largest absolute Gasteiger partial charge is 0.384 e. The number of nitrogens with one attached hydrogen (secondary N) is 1. The highest BCUT2D eigenvalue weighted by atomic mass is 35.5. The Balaban J connectivity index is 1.79. The van der Waals surface area contributed by atoms with Gasteiger partial charge in [0.1, 0.15) is 0 Å². The van der Waals surface area contributed by atoms with Crippen LogP contribution in [0.2, 0.25) is 5.02 Å². The summed E-state index contributed by atoms with van der Waals surface area (Å²) >= 11 is 5.87. The van der Waals surface area contributed by atoms with E-state index in [1.165, 1.54) is 19.3 Å². The average Bonchev–Trinajstić information content (AvgIpc) is 2.73. The molecule has 0 bridgehead atoms. The van der Waals surface area contributed by atoms with Crippen molar-refractivity contribution in [2.75, 3.05) is 18.4 Å². The van der Waals surface area contributed by atoms with Crippen molar-refractivity contribution in [2.45, 2.75) is 45.2 Å². The quantitative estimate of drug-likeness (QED) is 0.866. The van der Waals surface area contributed by atoms with Gasteiger partial charge in [0.25, 0.3) is 0 Å². The fourth-order valence-corrected chi connectivity index (χ4v) is 2.99. The van der Waals surface area contributed by atoms with Crippen molar-refractivity contribution < 1.29 is 0 Å². The molecule has 2 unspecified atom stereocenters. The summed E-state index contributed by atoms with van der Waals surface area (Å²) in [6, 6.07) is 9.45. The number of nitrogens with zero attached hydrogens (tertiary/aromatic N) is 1. The molecule has 1 aromatic carbocycles. The molecule has 3 heteroatoms. The molecule has 1 aromatic rings. The van der Waals surface area contributed by atoms with Crippen molar-refractivity contribution in [3.8, 4) is 0 Å². The van der Waals surface area contributed by atoms with E-state index in [2.05, 4.69) is 24.1 Å². The Morgan fingerprint density at radius 2 is 2.00 bits per heavy atom. The second kappa shape index (κ2) is 6.44. The Kier molecular flexibility index (Phi) is 4.90. The fraction of sp³-hybridized carbons (Fsp3) is 0.600. The van der Waals surface area contributed by atoms with Crippen LogP contribution >= 0.6 is 11.6 Å². The van der Waals surface area contributed by atoms with Crippen molar-refractivity contribution >= 4 is 17.3 Å². The van der Waals surface area contributed by atoms with Gasteiger partial charge in [0.15, 0.2) is 0 Å². The maximum atomic E-state index is 5.87. The molecule has 1 saturated heterocycles. The van der Waals surface area contributed by atoms with Crippen LogP contribution in [0, 0.1) is 0 Å². The number of hydrogen-bond donors (Lipinski definition) is 1. The van der Waals surface area contributed by atoms with E-state index >= 15 is 0 Å². The Labute approximate surface area is 115 Å². The van der Waals surface area contributed by atoms with Crippen LogP contribution in [-0.4, -0.2) is 30.1 Å². The van der Waals surface area contributed by atoms with E-state index in [9.17, 15) is 0 Å². The highest BCUT2D eigenvalue weighted by Crippen LogP contribution is 2.25. The molecule has 0 amide bonds. The van der Waals surface area contributed by atoms with E-state index in [0.717, 1.165) is 35.9 Å². The first-order chi connectivity index (χ1) is 8.70. The second-order valence-corrected chi connectivity index (χ2v) is 5.60. The van der Waals surface area contributed by atoms with Gasteiger partial charge >= 0.3 is 0 Å². The third-order valence-electron chi connectivity index (χ3n) is 3.97. The first kappa shape index (κ1) is 13.7. The lowest BCUT2D eigenvalue weighted by molar-refractivity contribution is 0.207. The normalized spacial score (nSPS) is 24.4. The molecule has 2 rings (SSSR count).